The van der Waals surface area contributed by atoms with Crippen molar-refractivity contribution in [2.45, 2.75) is 51.6 Å². The van der Waals surface area contributed by atoms with Crippen molar-refractivity contribution in [2.24, 2.45) is 0 Å². The number of hydrogen-bond acceptors (Lipinski definition) is 4. The molecule has 1 aliphatic heterocycles. The molecule has 0 amide bonds. The lowest BCUT2D eigenvalue weighted by molar-refractivity contribution is 0.0350. The second kappa shape index (κ2) is 4.70. The van der Waals surface area contributed by atoms with Crippen LogP contribution in [0.3, 0.4) is 0 Å². The van der Waals surface area contributed by atoms with Gasteiger partial charge in [0.05, 0.1) is 11.3 Å². The Morgan fingerprint density at radius 2 is 1.90 bits per heavy atom. The van der Waals surface area contributed by atoms with E-state index in [9.17, 15) is 5.11 Å². The van der Waals surface area contributed by atoms with Crippen molar-refractivity contribution in [3.05, 3.63) is 24.2 Å². The molecule has 1 fully saturated rings. The van der Waals surface area contributed by atoms with Crippen molar-refractivity contribution in [3.63, 3.8) is 0 Å². The first-order valence-electron chi connectivity index (χ1n) is 7.58. The van der Waals surface area contributed by atoms with Gasteiger partial charge in [0.25, 0.3) is 0 Å². The predicted octanol–water partition coefficient (Wildman–Crippen LogP) is 2.38. The molecule has 2 aromatic rings. The number of piperidine rings is 1. The molecule has 3 heterocycles. The Morgan fingerprint density at radius 3 is 2.52 bits per heavy atom. The summed E-state index contributed by atoms with van der Waals surface area (Å²) in [6.45, 7) is 10.1. The number of hydrogen-bond donors (Lipinski definition) is 1. The van der Waals surface area contributed by atoms with Crippen molar-refractivity contribution >= 4 is 11.3 Å². The zero-order chi connectivity index (χ0) is 15.3. The SMILES string of the molecule is CC1(O)CCN(c2nccn3nc(C(C)(C)C)cc23)CC1. The van der Waals surface area contributed by atoms with Gasteiger partial charge < -0.3 is 10.0 Å². The summed E-state index contributed by atoms with van der Waals surface area (Å²) < 4.78 is 1.91. The summed E-state index contributed by atoms with van der Waals surface area (Å²) >= 11 is 0. The van der Waals surface area contributed by atoms with Crippen LogP contribution in [0, 0.1) is 0 Å². The highest BCUT2D eigenvalue weighted by molar-refractivity contribution is 5.69. The highest BCUT2D eigenvalue weighted by atomic mass is 16.3. The van der Waals surface area contributed by atoms with Gasteiger partial charge in [-0.2, -0.15) is 5.10 Å². The Hall–Kier alpha value is -1.62. The van der Waals surface area contributed by atoms with Crippen molar-refractivity contribution in [1.82, 2.24) is 14.6 Å². The van der Waals surface area contributed by atoms with E-state index in [1.54, 1.807) is 6.20 Å². The van der Waals surface area contributed by atoms with Crippen molar-refractivity contribution < 1.29 is 5.11 Å². The molecule has 114 valence electrons. The summed E-state index contributed by atoms with van der Waals surface area (Å²) in [5, 5.41) is 14.8. The van der Waals surface area contributed by atoms with Crippen LogP contribution < -0.4 is 4.90 Å². The Balaban J connectivity index is 1.98. The molecule has 21 heavy (non-hydrogen) atoms. The number of aliphatic hydroxyl groups is 1. The molecular weight excluding hydrogens is 264 g/mol. The van der Waals surface area contributed by atoms with Crippen LogP contribution in [0.4, 0.5) is 5.82 Å². The van der Waals surface area contributed by atoms with Gasteiger partial charge in [0.15, 0.2) is 5.82 Å². The monoisotopic (exact) mass is 288 g/mol. The van der Waals surface area contributed by atoms with E-state index in [0.717, 1.165) is 43.0 Å². The second-order valence-electron chi connectivity index (χ2n) is 7.34. The van der Waals surface area contributed by atoms with Crippen LogP contribution in [0.25, 0.3) is 5.52 Å². The molecule has 0 aliphatic carbocycles. The fraction of sp³-hybridized carbons (Fsp3) is 0.625. The second-order valence-corrected chi connectivity index (χ2v) is 7.34. The fourth-order valence-corrected chi connectivity index (χ4v) is 2.72. The quantitative estimate of drug-likeness (QED) is 0.875. The summed E-state index contributed by atoms with van der Waals surface area (Å²) in [4.78, 5) is 6.81. The highest BCUT2D eigenvalue weighted by Gasteiger charge is 2.29. The van der Waals surface area contributed by atoms with E-state index >= 15 is 0 Å². The van der Waals surface area contributed by atoms with Gasteiger partial charge in [0.2, 0.25) is 0 Å². The topological polar surface area (TPSA) is 53.7 Å². The maximum Gasteiger partial charge on any atom is 0.154 e. The Labute approximate surface area is 125 Å². The van der Waals surface area contributed by atoms with Crippen LogP contribution in [0.2, 0.25) is 0 Å². The zero-order valence-corrected chi connectivity index (χ0v) is 13.3. The molecule has 5 nitrogen and oxygen atoms in total. The summed E-state index contributed by atoms with van der Waals surface area (Å²) in [5.74, 6) is 0.969. The van der Waals surface area contributed by atoms with E-state index in [4.69, 9.17) is 0 Å². The molecule has 1 N–H and O–H groups in total. The predicted molar refractivity (Wildman–Crippen MR) is 83.8 cm³/mol. The highest BCUT2D eigenvalue weighted by Crippen LogP contribution is 2.29. The van der Waals surface area contributed by atoms with Crippen molar-refractivity contribution in [1.29, 1.82) is 0 Å². The van der Waals surface area contributed by atoms with Gasteiger partial charge >= 0.3 is 0 Å². The Kier molecular flexibility index (Phi) is 3.20. The zero-order valence-electron chi connectivity index (χ0n) is 13.3. The van der Waals surface area contributed by atoms with Gasteiger partial charge in [0.1, 0.15) is 5.52 Å². The molecule has 1 aliphatic rings. The van der Waals surface area contributed by atoms with E-state index in [-0.39, 0.29) is 5.41 Å². The molecular formula is C16H24N4O. The van der Waals surface area contributed by atoms with Crippen LogP contribution in [-0.2, 0) is 5.41 Å². The number of fused-ring (bicyclic) bond motifs is 1. The molecule has 0 aromatic carbocycles. The average molecular weight is 288 g/mol. The summed E-state index contributed by atoms with van der Waals surface area (Å²) in [5.41, 5.74) is 1.59. The lowest BCUT2D eigenvalue weighted by Crippen LogP contribution is -2.42. The van der Waals surface area contributed by atoms with Crippen molar-refractivity contribution in [2.75, 3.05) is 18.0 Å². The first-order valence-corrected chi connectivity index (χ1v) is 7.58. The molecule has 5 heteroatoms. The lowest BCUT2D eigenvalue weighted by Gasteiger charge is -2.36. The largest absolute Gasteiger partial charge is 0.390 e. The van der Waals surface area contributed by atoms with E-state index in [1.807, 2.05) is 17.6 Å². The van der Waals surface area contributed by atoms with Gasteiger partial charge in [-0.05, 0) is 25.8 Å². The van der Waals surface area contributed by atoms with Crippen LogP contribution in [0.15, 0.2) is 18.5 Å². The number of aromatic nitrogens is 3. The smallest absolute Gasteiger partial charge is 0.154 e. The molecule has 2 aromatic heterocycles. The summed E-state index contributed by atoms with van der Waals surface area (Å²) in [6, 6.07) is 2.13. The summed E-state index contributed by atoms with van der Waals surface area (Å²) in [7, 11) is 0. The third kappa shape index (κ3) is 2.75. The third-order valence-corrected chi connectivity index (χ3v) is 4.28. The Bertz CT molecular complexity index is 644. The molecule has 0 saturated carbocycles. The Morgan fingerprint density at radius 1 is 1.24 bits per heavy atom. The maximum atomic E-state index is 10.1. The van der Waals surface area contributed by atoms with E-state index in [1.165, 1.54) is 0 Å². The minimum atomic E-state index is -0.543. The standard InChI is InChI=1S/C16H24N4O/c1-15(2,3)13-11-12-14(17-7-10-20(12)18-13)19-8-5-16(4,21)6-9-19/h7,10-11,21H,5-6,8-9H2,1-4H3. The van der Waals surface area contributed by atoms with Crippen LogP contribution in [0.5, 0.6) is 0 Å². The van der Waals surface area contributed by atoms with Crippen LogP contribution >= 0.6 is 0 Å². The number of rotatable bonds is 1. The molecule has 3 rings (SSSR count). The maximum absolute atomic E-state index is 10.1. The normalized spacial score (nSPS) is 19.2. The first-order chi connectivity index (χ1) is 9.76. The van der Waals surface area contributed by atoms with Crippen LogP contribution in [0.1, 0.15) is 46.2 Å². The van der Waals surface area contributed by atoms with Crippen LogP contribution in [-0.4, -0.2) is 38.4 Å². The average Bonchev–Trinajstić information content (AvgIpc) is 2.82. The van der Waals surface area contributed by atoms with E-state index in [0.29, 0.717) is 0 Å². The van der Waals surface area contributed by atoms with E-state index in [2.05, 4.69) is 41.8 Å². The molecule has 0 bridgehead atoms. The minimum Gasteiger partial charge on any atom is -0.390 e. The van der Waals surface area contributed by atoms with E-state index < -0.39 is 5.60 Å². The molecule has 0 unspecified atom stereocenters. The molecule has 0 spiro atoms. The number of anilines is 1. The summed E-state index contributed by atoms with van der Waals surface area (Å²) in [6.07, 6.45) is 5.24. The molecule has 1 saturated heterocycles. The van der Waals surface area contributed by atoms with Gasteiger partial charge in [-0.3, -0.25) is 0 Å². The third-order valence-electron chi connectivity index (χ3n) is 4.28. The molecule has 0 radical (unpaired) electrons. The van der Waals surface area contributed by atoms with Crippen molar-refractivity contribution in [3.8, 4) is 0 Å². The fourth-order valence-electron chi connectivity index (χ4n) is 2.72. The minimum absolute atomic E-state index is 0.0227. The van der Waals surface area contributed by atoms with Gasteiger partial charge in [-0.25, -0.2) is 9.50 Å². The number of nitrogens with zero attached hydrogens (tertiary/aromatic N) is 4. The molecule has 0 atom stereocenters. The van der Waals surface area contributed by atoms with Gasteiger partial charge in [0, 0.05) is 30.9 Å². The van der Waals surface area contributed by atoms with Gasteiger partial charge in [-0.15, -0.1) is 0 Å². The first kappa shape index (κ1) is 14.3. The lowest BCUT2D eigenvalue weighted by atomic mass is 9.92. The van der Waals surface area contributed by atoms with Gasteiger partial charge in [-0.1, -0.05) is 20.8 Å².